The maximum Gasteiger partial charge on any atom is 0.407 e. The summed E-state index contributed by atoms with van der Waals surface area (Å²) in [7, 11) is 0. The zero-order valence-corrected chi connectivity index (χ0v) is 14.3. The smallest absolute Gasteiger partial charge is 0.407 e. The number of carbonyl (C=O) groups is 1. The van der Waals surface area contributed by atoms with Gasteiger partial charge in [-0.1, -0.05) is 30.3 Å². The second kappa shape index (κ2) is 6.58. The van der Waals surface area contributed by atoms with E-state index >= 15 is 0 Å². The third-order valence-corrected chi connectivity index (χ3v) is 4.79. The number of rotatable bonds is 3. The lowest BCUT2D eigenvalue weighted by atomic mass is 9.99. The summed E-state index contributed by atoms with van der Waals surface area (Å²) in [5.41, 5.74) is 1.18. The van der Waals surface area contributed by atoms with E-state index in [0.717, 1.165) is 5.56 Å². The molecule has 0 aliphatic carbocycles. The van der Waals surface area contributed by atoms with Crippen molar-refractivity contribution in [3.05, 3.63) is 68.0 Å². The topological polar surface area (TPSA) is 84.5 Å². The van der Waals surface area contributed by atoms with Crippen LogP contribution in [0.1, 0.15) is 36.7 Å². The number of aromatic nitrogens is 2. The van der Waals surface area contributed by atoms with Crippen molar-refractivity contribution in [1.29, 1.82) is 0 Å². The van der Waals surface area contributed by atoms with Crippen molar-refractivity contribution < 1.29 is 9.90 Å². The first-order valence-corrected chi connectivity index (χ1v) is 8.35. The van der Waals surface area contributed by atoms with E-state index in [1.165, 1.54) is 9.47 Å². The van der Waals surface area contributed by atoms with Crippen molar-refractivity contribution in [2.75, 3.05) is 6.54 Å². The highest BCUT2D eigenvalue weighted by Gasteiger charge is 2.33. The molecule has 1 aliphatic heterocycles. The molecule has 7 nitrogen and oxygen atoms in total. The van der Waals surface area contributed by atoms with Gasteiger partial charge in [0.2, 0.25) is 0 Å². The Morgan fingerprint density at radius 2 is 1.88 bits per heavy atom. The molecule has 0 spiro atoms. The lowest BCUT2D eigenvalue weighted by molar-refractivity contribution is 0.122. The van der Waals surface area contributed by atoms with Gasteiger partial charge in [-0.15, -0.1) is 0 Å². The summed E-state index contributed by atoms with van der Waals surface area (Å²) in [5.74, 6) is 0. The lowest BCUT2D eigenvalue weighted by Crippen LogP contribution is -2.49. The maximum atomic E-state index is 13.0. The minimum Gasteiger partial charge on any atom is -0.465 e. The van der Waals surface area contributed by atoms with Crippen LogP contribution in [-0.4, -0.2) is 31.8 Å². The summed E-state index contributed by atoms with van der Waals surface area (Å²) < 4.78 is 2.80. The number of hydrogen-bond donors (Lipinski definition) is 1. The highest BCUT2D eigenvalue weighted by atomic mass is 16.4. The third kappa shape index (κ3) is 2.86. The molecule has 3 rings (SSSR count). The van der Waals surface area contributed by atoms with Gasteiger partial charge in [-0.2, -0.15) is 0 Å². The number of nitrogens with zero attached hydrogens (tertiary/aromatic N) is 3. The van der Waals surface area contributed by atoms with Crippen molar-refractivity contribution in [3.8, 4) is 0 Å². The van der Waals surface area contributed by atoms with Crippen LogP contribution >= 0.6 is 0 Å². The summed E-state index contributed by atoms with van der Waals surface area (Å²) in [6, 6.07) is 8.71. The molecule has 0 saturated carbocycles. The molecule has 2 aromatic rings. The van der Waals surface area contributed by atoms with E-state index in [0.29, 0.717) is 24.2 Å². The van der Waals surface area contributed by atoms with Crippen LogP contribution in [0.25, 0.3) is 0 Å². The minimum absolute atomic E-state index is 0.172. The predicted molar refractivity (Wildman–Crippen MR) is 93.0 cm³/mol. The van der Waals surface area contributed by atoms with E-state index in [4.69, 9.17) is 0 Å². The Bertz CT molecular complexity index is 914. The fourth-order valence-electron chi connectivity index (χ4n) is 3.52. The Morgan fingerprint density at radius 1 is 1.20 bits per heavy atom. The zero-order valence-electron chi connectivity index (χ0n) is 14.3. The molecule has 0 radical (unpaired) electrons. The van der Waals surface area contributed by atoms with Crippen molar-refractivity contribution in [2.45, 2.75) is 39.4 Å². The van der Waals surface area contributed by atoms with Gasteiger partial charge in [-0.05, 0) is 19.4 Å². The summed E-state index contributed by atoms with van der Waals surface area (Å²) in [5, 5.41) is 9.36. The fourth-order valence-corrected chi connectivity index (χ4v) is 3.52. The van der Waals surface area contributed by atoms with Crippen molar-refractivity contribution in [3.63, 3.8) is 0 Å². The zero-order chi connectivity index (χ0) is 18.1. The van der Waals surface area contributed by atoms with Crippen LogP contribution in [0.2, 0.25) is 0 Å². The van der Waals surface area contributed by atoms with Crippen LogP contribution in [-0.2, 0) is 19.5 Å². The van der Waals surface area contributed by atoms with Gasteiger partial charge in [-0.3, -0.25) is 13.9 Å². The standard InChI is InChI=1S/C18H21N3O4/c1-3-19-14-9-10-20(18(24)25)12(2)15(14)16(22)21(17(19)23)11-13-7-5-4-6-8-13/h4-8,12H,3,9-11H2,1-2H3,(H,24,25). The molecule has 1 aromatic carbocycles. The van der Waals surface area contributed by atoms with Gasteiger partial charge in [0.25, 0.3) is 5.56 Å². The Labute approximate surface area is 144 Å². The summed E-state index contributed by atoms with van der Waals surface area (Å²) in [6.45, 7) is 4.45. The molecule has 1 unspecified atom stereocenters. The SMILES string of the molecule is CCn1c2c(c(=O)n(Cc3ccccc3)c1=O)C(C)N(C(=O)O)CC2. The van der Waals surface area contributed by atoms with Crippen LogP contribution in [0.3, 0.4) is 0 Å². The van der Waals surface area contributed by atoms with Crippen LogP contribution in [0.15, 0.2) is 39.9 Å². The molecule has 1 aliphatic rings. The summed E-state index contributed by atoms with van der Waals surface area (Å²) >= 11 is 0. The van der Waals surface area contributed by atoms with Crippen LogP contribution < -0.4 is 11.2 Å². The molecule has 0 saturated heterocycles. The number of amides is 1. The van der Waals surface area contributed by atoms with Gasteiger partial charge in [0, 0.05) is 25.2 Å². The molecular weight excluding hydrogens is 322 g/mol. The average molecular weight is 343 g/mol. The highest BCUT2D eigenvalue weighted by molar-refractivity contribution is 5.66. The summed E-state index contributed by atoms with van der Waals surface area (Å²) in [6.07, 6.45) is -0.683. The Morgan fingerprint density at radius 3 is 2.48 bits per heavy atom. The van der Waals surface area contributed by atoms with Crippen LogP contribution in [0.4, 0.5) is 4.79 Å². The second-order valence-electron chi connectivity index (χ2n) is 6.17. The molecule has 0 bridgehead atoms. The number of fused-ring (bicyclic) bond motifs is 1. The van der Waals surface area contributed by atoms with E-state index in [1.54, 1.807) is 11.5 Å². The van der Waals surface area contributed by atoms with E-state index in [9.17, 15) is 19.5 Å². The van der Waals surface area contributed by atoms with Gasteiger partial charge in [0.15, 0.2) is 0 Å². The third-order valence-electron chi connectivity index (χ3n) is 4.79. The first-order chi connectivity index (χ1) is 12.0. The molecule has 7 heteroatoms. The first kappa shape index (κ1) is 17.0. The predicted octanol–water partition coefficient (Wildman–Crippen LogP) is 1.68. The first-order valence-electron chi connectivity index (χ1n) is 8.35. The monoisotopic (exact) mass is 343 g/mol. The summed E-state index contributed by atoms with van der Waals surface area (Å²) in [4.78, 5) is 38.5. The van der Waals surface area contributed by atoms with Crippen molar-refractivity contribution >= 4 is 6.09 Å². The molecular formula is C18H21N3O4. The van der Waals surface area contributed by atoms with Crippen LogP contribution in [0.5, 0.6) is 0 Å². The fraction of sp³-hybridized carbons (Fsp3) is 0.389. The van der Waals surface area contributed by atoms with Gasteiger partial charge < -0.3 is 10.0 Å². The van der Waals surface area contributed by atoms with E-state index in [-0.39, 0.29) is 18.8 Å². The lowest BCUT2D eigenvalue weighted by Gasteiger charge is -2.34. The van der Waals surface area contributed by atoms with Crippen molar-refractivity contribution in [2.24, 2.45) is 0 Å². The largest absolute Gasteiger partial charge is 0.465 e. The molecule has 1 amide bonds. The Kier molecular flexibility index (Phi) is 4.48. The highest BCUT2D eigenvalue weighted by Crippen LogP contribution is 2.26. The Hall–Kier alpha value is -2.83. The minimum atomic E-state index is -1.05. The van der Waals surface area contributed by atoms with E-state index in [2.05, 4.69) is 0 Å². The number of hydrogen-bond acceptors (Lipinski definition) is 3. The number of carboxylic acid groups (broad SMARTS) is 1. The van der Waals surface area contributed by atoms with Gasteiger partial charge in [0.1, 0.15) is 0 Å². The average Bonchev–Trinajstić information content (AvgIpc) is 2.59. The van der Waals surface area contributed by atoms with Crippen molar-refractivity contribution in [1.82, 2.24) is 14.0 Å². The van der Waals surface area contributed by atoms with Crippen LogP contribution in [0, 0.1) is 0 Å². The van der Waals surface area contributed by atoms with Gasteiger partial charge >= 0.3 is 11.8 Å². The quantitative estimate of drug-likeness (QED) is 0.919. The number of benzene rings is 1. The molecule has 132 valence electrons. The molecule has 1 aromatic heterocycles. The van der Waals surface area contributed by atoms with E-state index < -0.39 is 17.7 Å². The van der Waals surface area contributed by atoms with Gasteiger partial charge in [-0.25, -0.2) is 9.59 Å². The second-order valence-corrected chi connectivity index (χ2v) is 6.17. The maximum absolute atomic E-state index is 13.0. The molecule has 1 N–H and O–H groups in total. The molecule has 25 heavy (non-hydrogen) atoms. The van der Waals surface area contributed by atoms with Gasteiger partial charge in [0.05, 0.1) is 18.2 Å². The normalized spacial score (nSPS) is 16.6. The molecule has 0 fully saturated rings. The van der Waals surface area contributed by atoms with E-state index in [1.807, 2.05) is 37.3 Å². The molecule has 2 heterocycles. The molecule has 1 atom stereocenters. The Balaban J connectivity index is 2.20.